The molecule has 4 aromatic rings. The number of hydrogen-bond donors (Lipinski definition) is 1. The van der Waals surface area contributed by atoms with Crippen molar-refractivity contribution in [1.82, 2.24) is 19.5 Å². The van der Waals surface area contributed by atoms with Gasteiger partial charge in [-0.05, 0) is 43.2 Å². The maximum Gasteiger partial charge on any atom is 0.256 e. The first-order valence-electron chi connectivity index (χ1n) is 8.74. The van der Waals surface area contributed by atoms with Gasteiger partial charge in [-0.2, -0.15) is 0 Å². The Labute approximate surface area is 162 Å². The molecule has 0 aromatic carbocycles. The van der Waals surface area contributed by atoms with Gasteiger partial charge in [0.15, 0.2) is 5.75 Å². The zero-order valence-electron chi connectivity index (χ0n) is 16.1. The second-order valence-electron chi connectivity index (χ2n) is 6.56. The van der Waals surface area contributed by atoms with E-state index in [1.807, 2.05) is 38.2 Å². The minimum absolute atomic E-state index is 0.143. The monoisotopic (exact) mass is 376 g/mol. The molecule has 0 spiro atoms. The Morgan fingerprint density at radius 1 is 1.00 bits per heavy atom. The van der Waals surface area contributed by atoms with Crippen LogP contribution in [0.1, 0.15) is 11.1 Å². The molecule has 7 nitrogen and oxygen atoms in total. The molecule has 0 saturated heterocycles. The molecule has 0 saturated carbocycles. The largest absolute Gasteiger partial charge is 0.494 e. The van der Waals surface area contributed by atoms with Crippen LogP contribution >= 0.6 is 0 Å². The number of aromatic nitrogens is 4. The summed E-state index contributed by atoms with van der Waals surface area (Å²) < 4.78 is 12.2. The molecule has 0 bridgehead atoms. The molecule has 1 N–H and O–H groups in total. The average molecular weight is 376 g/mol. The predicted molar refractivity (Wildman–Crippen MR) is 106 cm³/mol. The van der Waals surface area contributed by atoms with Crippen molar-refractivity contribution in [3.63, 3.8) is 0 Å². The van der Waals surface area contributed by atoms with Crippen LogP contribution in [0.4, 0.5) is 0 Å². The first-order valence-corrected chi connectivity index (χ1v) is 8.74. The van der Waals surface area contributed by atoms with E-state index >= 15 is 0 Å². The van der Waals surface area contributed by atoms with Gasteiger partial charge >= 0.3 is 0 Å². The third-order valence-corrected chi connectivity index (χ3v) is 4.61. The molecule has 0 unspecified atom stereocenters. The van der Waals surface area contributed by atoms with Crippen molar-refractivity contribution in [2.75, 3.05) is 14.2 Å². The Balaban J connectivity index is 1.87. The molecule has 28 heavy (non-hydrogen) atoms. The van der Waals surface area contributed by atoms with E-state index in [2.05, 4.69) is 9.97 Å². The van der Waals surface area contributed by atoms with Crippen molar-refractivity contribution in [3.8, 4) is 34.5 Å². The van der Waals surface area contributed by atoms with E-state index in [9.17, 15) is 5.11 Å². The normalized spacial score (nSPS) is 11.0. The first kappa shape index (κ1) is 17.8. The van der Waals surface area contributed by atoms with Gasteiger partial charge in [0.05, 0.1) is 42.7 Å². The molecule has 4 heterocycles. The highest BCUT2D eigenvalue weighted by atomic mass is 16.5. The molecule has 4 aromatic heterocycles. The van der Waals surface area contributed by atoms with Gasteiger partial charge in [0, 0.05) is 24.2 Å². The van der Waals surface area contributed by atoms with E-state index in [1.54, 1.807) is 37.4 Å². The number of pyridine rings is 3. The maximum absolute atomic E-state index is 10.8. The fraction of sp³-hybridized carbons (Fsp3) is 0.190. The zero-order valence-corrected chi connectivity index (χ0v) is 16.1. The molecule has 0 atom stereocenters. The van der Waals surface area contributed by atoms with Crippen LogP contribution in [0, 0.1) is 13.8 Å². The highest BCUT2D eigenvalue weighted by molar-refractivity contribution is 5.90. The number of methoxy groups -OCH3 is 2. The quantitative estimate of drug-likeness (QED) is 0.583. The van der Waals surface area contributed by atoms with E-state index in [1.165, 1.54) is 0 Å². The summed E-state index contributed by atoms with van der Waals surface area (Å²) in [5, 5.41) is 11.5. The summed E-state index contributed by atoms with van der Waals surface area (Å²) in [5.41, 5.74) is 4.92. The van der Waals surface area contributed by atoms with Crippen LogP contribution in [0.15, 0.2) is 43.0 Å². The highest BCUT2D eigenvalue weighted by Crippen LogP contribution is 2.35. The Hall–Kier alpha value is -3.61. The summed E-state index contributed by atoms with van der Waals surface area (Å²) in [6, 6.07) is 5.71. The lowest BCUT2D eigenvalue weighted by atomic mass is 10.1. The van der Waals surface area contributed by atoms with E-state index in [4.69, 9.17) is 14.5 Å². The first-order chi connectivity index (χ1) is 13.5. The van der Waals surface area contributed by atoms with E-state index in [0.717, 1.165) is 28.1 Å². The molecule has 0 fully saturated rings. The van der Waals surface area contributed by atoms with Crippen LogP contribution in [0.5, 0.6) is 17.5 Å². The van der Waals surface area contributed by atoms with Crippen molar-refractivity contribution in [2.45, 2.75) is 13.8 Å². The number of ether oxygens (including phenoxy) is 2. The van der Waals surface area contributed by atoms with E-state index < -0.39 is 0 Å². The third kappa shape index (κ3) is 2.90. The zero-order chi connectivity index (χ0) is 19.8. The molecule has 0 radical (unpaired) electrons. The summed E-state index contributed by atoms with van der Waals surface area (Å²) in [4.78, 5) is 13.2. The summed E-state index contributed by atoms with van der Waals surface area (Å²) in [6.07, 6.45) is 6.98. The second-order valence-corrected chi connectivity index (χ2v) is 6.56. The molecule has 7 heteroatoms. The van der Waals surface area contributed by atoms with E-state index in [-0.39, 0.29) is 5.88 Å². The molecular weight excluding hydrogens is 356 g/mol. The van der Waals surface area contributed by atoms with Gasteiger partial charge in [-0.25, -0.2) is 9.97 Å². The number of rotatable bonds is 4. The Morgan fingerprint density at radius 3 is 2.54 bits per heavy atom. The number of aromatic hydroxyl groups is 1. The van der Waals surface area contributed by atoms with Crippen molar-refractivity contribution in [3.05, 3.63) is 54.1 Å². The SMILES string of the molecule is COc1cc(-c2cc(C)c3c(O)n(-c4cncc(C)c4)cc3n2)cnc1OC. The van der Waals surface area contributed by atoms with Crippen LogP contribution in [-0.4, -0.2) is 38.8 Å². The van der Waals surface area contributed by atoms with E-state index in [0.29, 0.717) is 22.5 Å². The van der Waals surface area contributed by atoms with Crippen LogP contribution in [0.2, 0.25) is 0 Å². The van der Waals surface area contributed by atoms with Crippen LogP contribution in [-0.2, 0) is 0 Å². The summed E-state index contributed by atoms with van der Waals surface area (Å²) in [7, 11) is 3.11. The predicted octanol–water partition coefficient (Wildman–Crippen LogP) is 3.82. The summed E-state index contributed by atoms with van der Waals surface area (Å²) >= 11 is 0. The van der Waals surface area contributed by atoms with Crippen LogP contribution in [0.3, 0.4) is 0 Å². The Kier molecular flexibility index (Phi) is 4.35. The maximum atomic E-state index is 10.8. The molecule has 4 rings (SSSR count). The molecule has 0 amide bonds. The molecule has 142 valence electrons. The lowest BCUT2D eigenvalue weighted by molar-refractivity contribution is 0.343. The van der Waals surface area contributed by atoms with Crippen molar-refractivity contribution < 1.29 is 14.6 Å². The van der Waals surface area contributed by atoms with Gasteiger partial charge in [-0.15, -0.1) is 0 Å². The van der Waals surface area contributed by atoms with Gasteiger partial charge in [-0.1, -0.05) is 0 Å². The third-order valence-electron chi connectivity index (χ3n) is 4.61. The molecule has 0 aliphatic heterocycles. The molecule has 0 aliphatic carbocycles. The number of fused-ring (bicyclic) bond motifs is 1. The van der Waals surface area contributed by atoms with Gasteiger partial charge < -0.3 is 14.6 Å². The number of aryl methyl sites for hydroxylation is 2. The Bertz CT molecular complexity index is 1180. The fourth-order valence-electron chi connectivity index (χ4n) is 3.27. The van der Waals surface area contributed by atoms with Gasteiger partial charge in [0.2, 0.25) is 5.88 Å². The lowest BCUT2D eigenvalue weighted by Crippen LogP contribution is -1.95. The lowest BCUT2D eigenvalue weighted by Gasteiger charge is -2.09. The topological polar surface area (TPSA) is 82.3 Å². The fourth-order valence-corrected chi connectivity index (χ4v) is 3.27. The van der Waals surface area contributed by atoms with Crippen molar-refractivity contribution in [2.24, 2.45) is 0 Å². The summed E-state index contributed by atoms with van der Waals surface area (Å²) in [6.45, 7) is 3.91. The van der Waals surface area contributed by atoms with Crippen molar-refractivity contribution in [1.29, 1.82) is 0 Å². The van der Waals surface area contributed by atoms with Gasteiger partial charge in [-0.3, -0.25) is 9.55 Å². The smallest absolute Gasteiger partial charge is 0.256 e. The second kappa shape index (κ2) is 6.84. The van der Waals surface area contributed by atoms with Crippen molar-refractivity contribution >= 4 is 10.9 Å². The Morgan fingerprint density at radius 2 is 1.82 bits per heavy atom. The molecular formula is C21H20N4O3. The van der Waals surface area contributed by atoms with Crippen LogP contribution in [0.25, 0.3) is 27.8 Å². The summed E-state index contributed by atoms with van der Waals surface area (Å²) in [5.74, 6) is 1.09. The van der Waals surface area contributed by atoms with Crippen LogP contribution < -0.4 is 9.47 Å². The minimum atomic E-state index is 0.143. The molecule has 0 aliphatic rings. The highest BCUT2D eigenvalue weighted by Gasteiger charge is 2.16. The number of nitrogens with zero attached hydrogens (tertiary/aromatic N) is 4. The van der Waals surface area contributed by atoms with Gasteiger partial charge in [0.25, 0.3) is 5.88 Å². The minimum Gasteiger partial charge on any atom is -0.494 e. The number of hydrogen-bond acceptors (Lipinski definition) is 6. The van der Waals surface area contributed by atoms with Gasteiger partial charge in [0.1, 0.15) is 0 Å². The average Bonchev–Trinajstić information content (AvgIpc) is 3.04. The standard InChI is InChI=1S/C21H20N4O3/c1-12-5-15(10-22-8-12)25-11-17-19(21(25)26)13(2)6-16(24-17)14-7-18(27-3)20(28-4)23-9-14/h5-11,26H,1-4H3.